The van der Waals surface area contributed by atoms with E-state index < -0.39 is 10.0 Å². The van der Waals surface area contributed by atoms with Crippen LogP contribution in [0.5, 0.6) is 0 Å². The van der Waals surface area contributed by atoms with Crippen molar-refractivity contribution in [2.45, 2.75) is 45.1 Å². The van der Waals surface area contributed by atoms with E-state index in [0.29, 0.717) is 37.5 Å². The highest BCUT2D eigenvalue weighted by Crippen LogP contribution is 2.27. The zero-order valence-corrected chi connectivity index (χ0v) is 21.2. The van der Waals surface area contributed by atoms with Crippen molar-refractivity contribution < 1.29 is 13.2 Å². The van der Waals surface area contributed by atoms with E-state index in [1.54, 1.807) is 12.1 Å². The zero-order valence-electron chi connectivity index (χ0n) is 19.6. The van der Waals surface area contributed by atoms with Crippen molar-refractivity contribution in [3.63, 3.8) is 0 Å². The van der Waals surface area contributed by atoms with E-state index >= 15 is 0 Å². The van der Waals surface area contributed by atoms with Crippen molar-refractivity contribution in [2.75, 3.05) is 18.4 Å². The maximum Gasteiger partial charge on any atom is 0.243 e. The van der Waals surface area contributed by atoms with Crippen LogP contribution in [0.4, 0.5) is 5.69 Å². The molecule has 1 aliphatic rings. The van der Waals surface area contributed by atoms with Crippen molar-refractivity contribution in [2.24, 2.45) is 5.92 Å². The SMILES string of the molecule is Cc1cccc(Cn2nc(C)c(NC(=O)C3CCN(S(=O)(=O)c4ccc(Cl)cc4)CC3)c2C)c1. The third-order valence-electron chi connectivity index (χ3n) is 6.32. The van der Waals surface area contributed by atoms with Gasteiger partial charge in [-0.2, -0.15) is 9.40 Å². The third-order valence-corrected chi connectivity index (χ3v) is 8.49. The monoisotopic (exact) mass is 500 g/mol. The van der Waals surface area contributed by atoms with Gasteiger partial charge < -0.3 is 5.32 Å². The number of amides is 1. The highest BCUT2D eigenvalue weighted by Gasteiger charge is 2.32. The minimum absolute atomic E-state index is 0.0927. The summed E-state index contributed by atoms with van der Waals surface area (Å²) in [5.74, 6) is -0.347. The molecule has 3 aromatic rings. The number of hydrogen-bond acceptors (Lipinski definition) is 4. The second kappa shape index (κ2) is 9.90. The standard InChI is InChI=1S/C25H29ClN4O3S/c1-17-5-4-6-20(15-17)16-30-19(3)24(18(2)28-30)27-25(31)21-11-13-29(14-12-21)34(32,33)23-9-7-22(26)8-10-23/h4-10,15,21H,11-14,16H2,1-3H3,(H,27,31). The fourth-order valence-electron chi connectivity index (χ4n) is 4.35. The molecular formula is C25H29ClN4O3S. The summed E-state index contributed by atoms with van der Waals surface area (Å²) in [7, 11) is -3.60. The van der Waals surface area contributed by atoms with Crippen LogP contribution in [0, 0.1) is 26.7 Å². The number of nitrogens with zero attached hydrogens (tertiary/aromatic N) is 3. The Morgan fingerprint density at radius 1 is 1.09 bits per heavy atom. The molecule has 0 unspecified atom stereocenters. The zero-order chi connectivity index (χ0) is 24.5. The second-order valence-corrected chi connectivity index (χ2v) is 11.2. The minimum Gasteiger partial charge on any atom is -0.323 e. The van der Waals surface area contributed by atoms with Gasteiger partial charge in [-0.3, -0.25) is 9.48 Å². The summed E-state index contributed by atoms with van der Waals surface area (Å²) in [4.78, 5) is 13.2. The van der Waals surface area contributed by atoms with Crippen molar-refractivity contribution in [3.8, 4) is 0 Å². The van der Waals surface area contributed by atoms with E-state index in [1.807, 2.05) is 24.6 Å². The summed E-state index contributed by atoms with van der Waals surface area (Å²) in [5.41, 5.74) is 4.74. The lowest BCUT2D eigenvalue weighted by atomic mass is 9.97. The normalized spacial score (nSPS) is 15.4. The first-order valence-electron chi connectivity index (χ1n) is 11.3. The molecule has 7 nitrogen and oxygen atoms in total. The number of anilines is 1. The number of carbonyl (C=O) groups excluding carboxylic acids is 1. The molecule has 1 fully saturated rings. The molecule has 0 atom stereocenters. The van der Waals surface area contributed by atoms with Gasteiger partial charge >= 0.3 is 0 Å². The molecule has 2 heterocycles. The van der Waals surface area contributed by atoms with Crippen LogP contribution in [0.2, 0.25) is 5.02 Å². The quantitative estimate of drug-likeness (QED) is 0.538. The van der Waals surface area contributed by atoms with Crippen LogP contribution in [-0.2, 0) is 21.4 Å². The van der Waals surface area contributed by atoms with Crippen LogP contribution in [-0.4, -0.2) is 41.5 Å². The van der Waals surface area contributed by atoms with Crippen LogP contribution in [0.15, 0.2) is 53.4 Å². The number of rotatable bonds is 6. The summed E-state index contributed by atoms with van der Waals surface area (Å²) in [5, 5.41) is 8.16. The van der Waals surface area contributed by atoms with E-state index in [9.17, 15) is 13.2 Å². The predicted octanol–water partition coefficient (Wildman–Crippen LogP) is 4.55. The van der Waals surface area contributed by atoms with Crippen LogP contribution in [0.1, 0.15) is 35.4 Å². The number of carbonyl (C=O) groups is 1. The average Bonchev–Trinajstić information content (AvgIpc) is 3.06. The van der Waals surface area contributed by atoms with Gasteiger partial charge in [-0.05, 0) is 63.4 Å². The van der Waals surface area contributed by atoms with E-state index in [-0.39, 0.29) is 16.7 Å². The molecule has 180 valence electrons. The Labute approximate surface area is 205 Å². The number of benzene rings is 2. The summed E-state index contributed by atoms with van der Waals surface area (Å²) >= 11 is 5.88. The number of aromatic nitrogens is 2. The number of aryl methyl sites for hydroxylation is 2. The molecular weight excluding hydrogens is 472 g/mol. The van der Waals surface area contributed by atoms with Gasteiger partial charge in [-0.15, -0.1) is 0 Å². The number of piperidine rings is 1. The van der Waals surface area contributed by atoms with E-state index in [4.69, 9.17) is 11.6 Å². The lowest BCUT2D eigenvalue weighted by molar-refractivity contribution is -0.120. The summed E-state index contributed by atoms with van der Waals surface area (Å²) < 4.78 is 29.1. The lowest BCUT2D eigenvalue weighted by Crippen LogP contribution is -2.41. The molecule has 34 heavy (non-hydrogen) atoms. The lowest BCUT2D eigenvalue weighted by Gasteiger charge is -2.30. The number of nitrogens with one attached hydrogen (secondary N) is 1. The van der Waals surface area contributed by atoms with E-state index in [2.05, 4.69) is 35.5 Å². The van der Waals surface area contributed by atoms with Gasteiger partial charge in [0.2, 0.25) is 15.9 Å². The molecule has 0 saturated carbocycles. The molecule has 0 spiro atoms. The van der Waals surface area contributed by atoms with Gasteiger partial charge in [0.05, 0.1) is 28.5 Å². The Morgan fingerprint density at radius 2 is 1.76 bits per heavy atom. The fourth-order valence-corrected chi connectivity index (χ4v) is 5.95. The molecule has 4 rings (SSSR count). The number of sulfonamides is 1. The van der Waals surface area contributed by atoms with Gasteiger partial charge in [0.15, 0.2) is 0 Å². The Hall–Kier alpha value is -2.68. The van der Waals surface area contributed by atoms with Crippen LogP contribution in [0.25, 0.3) is 0 Å². The van der Waals surface area contributed by atoms with Crippen LogP contribution >= 0.6 is 11.6 Å². The first-order valence-corrected chi connectivity index (χ1v) is 13.1. The van der Waals surface area contributed by atoms with Gasteiger partial charge in [0.25, 0.3) is 0 Å². The Kier molecular flexibility index (Phi) is 7.12. The largest absolute Gasteiger partial charge is 0.323 e. The summed E-state index contributed by atoms with van der Waals surface area (Å²) in [6.45, 7) is 7.12. The molecule has 1 saturated heterocycles. The molecule has 9 heteroatoms. The fraction of sp³-hybridized carbons (Fsp3) is 0.360. The summed E-state index contributed by atoms with van der Waals surface area (Å²) in [6, 6.07) is 14.4. The van der Waals surface area contributed by atoms with E-state index in [0.717, 1.165) is 22.6 Å². The predicted molar refractivity (Wildman–Crippen MR) is 134 cm³/mol. The van der Waals surface area contributed by atoms with E-state index in [1.165, 1.54) is 22.0 Å². The second-order valence-electron chi connectivity index (χ2n) is 8.81. The molecule has 0 radical (unpaired) electrons. The Bertz CT molecular complexity index is 1290. The first-order chi connectivity index (χ1) is 16.1. The van der Waals surface area contributed by atoms with Gasteiger partial charge in [0, 0.05) is 24.0 Å². The topological polar surface area (TPSA) is 84.3 Å². The number of halogens is 1. The molecule has 1 aromatic heterocycles. The van der Waals surface area contributed by atoms with Crippen molar-refractivity contribution in [1.82, 2.24) is 14.1 Å². The molecule has 1 aliphatic heterocycles. The molecule has 1 amide bonds. The van der Waals surface area contributed by atoms with Gasteiger partial charge in [-0.25, -0.2) is 8.42 Å². The first kappa shape index (κ1) is 24.4. The van der Waals surface area contributed by atoms with Crippen LogP contribution in [0.3, 0.4) is 0 Å². The summed E-state index contributed by atoms with van der Waals surface area (Å²) in [6.07, 6.45) is 0.933. The highest BCUT2D eigenvalue weighted by atomic mass is 35.5. The van der Waals surface area contributed by atoms with Gasteiger partial charge in [0.1, 0.15) is 0 Å². The maximum absolute atomic E-state index is 13.0. The van der Waals surface area contributed by atoms with Crippen molar-refractivity contribution in [3.05, 3.63) is 76.1 Å². The highest BCUT2D eigenvalue weighted by molar-refractivity contribution is 7.89. The Morgan fingerprint density at radius 3 is 2.41 bits per heavy atom. The molecule has 0 aliphatic carbocycles. The van der Waals surface area contributed by atoms with Crippen molar-refractivity contribution >= 4 is 33.2 Å². The molecule has 0 bridgehead atoms. The minimum atomic E-state index is -3.60. The number of hydrogen-bond donors (Lipinski definition) is 1. The Balaban J connectivity index is 1.39. The molecule has 2 aromatic carbocycles. The van der Waals surface area contributed by atoms with Crippen molar-refractivity contribution in [1.29, 1.82) is 0 Å². The van der Waals surface area contributed by atoms with Gasteiger partial charge in [-0.1, -0.05) is 41.4 Å². The van der Waals surface area contributed by atoms with Crippen LogP contribution < -0.4 is 5.32 Å². The third kappa shape index (κ3) is 5.19. The average molecular weight is 501 g/mol. The maximum atomic E-state index is 13.0. The molecule has 1 N–H and O–H groups in total. The smallest absolute Gasteiger partial charge is 0.243 e.